The normalized spacial score (nSPS) is 9.09. The zero-order chi connectivity index (χ0) is 8.10. The van der Waals surface area contributed by atoms with Gasteiger partial charge in [0.1, 0.15) is 6.61 Å². The van der Waals surface area contributed by atoms with E-state index in [1.807, 2.05) is 0 Å². The van der Waals surface area contributed by atoms with Gasteiger partial charge in [0.2, 0.25) is 0 Å². The lowest BCUT2D eigenvalue weighted by molar-refractivity contribution is -0.605. The molecule has 0 atom stereocenters. The lowest BCUT2D eigenvalue weighted by Crippen LogP contribution is -2.23. The minimum atomic E-state index is 0.157. The maximum atomic E-state index is 10.5. The summed E-state index contributed by atoms with van der Waals surface area (Å²) < 4.78 is 5.00. The summed E-state index contributed by atoms with van der Waals surface area (Å²) in [6.07, 6.45) is 2.67. The molecule has 0 aliphatic heterocycles. The van der Waals surface area contributed by atoms with E-state index in [0.717, 1.165) is 5.56 Å². The number of nitrogens with zero attached hydrogens (tertiary/aromatic N) is 1. The second-order valence-electron chi connectivity index (χ2n) is 1.94. The molecule has 1 radical (unpaired) electrons. The van der Waals surface area contributed by atoms with Crippen molar-refractivity contribution in [2.75, 3.05) is 0 Å². The Morgan fingerprint density at radius 3 is 2.73 bits per heavy atom. The molecule has 1 aromatic heterocycles. The first-order chi connectivity index (χ1) is 5.33. The van der Waals surface area contributed by atoms with Gasteiger partial charge in [-0.15, -0.1) is 0 Å². The number of aromatic nitrogens is 1. The first-order valence-corrected chi connectivity index (χ1v) is 2.99. The molecule has 1 heterocycles. The molecular formula is C7H6NO3. The number of pyridine rings is 1. The summed E-state index contributed by atoms with van der Waals surface area (Å²) in [6, 6.07) is 3.15. The van der Waals surface area contributed by atoms with E-state index in [-0.39, 0.29) is 6.61 Å². The minimum absolute atomic E-state index is 0.157. The Labute approximate surface area is 63.6 Å². The van der Waals surface area contributed by atoms with Crippen molar-refractivity contribution in [2.24, 2.45) is 0 Å². The van der Waals surface area contributed by atoms with Gasteiger partial charge in [0.05, 0.1) is 0 Å². The van der Waals surface area contributed by atoms with E-state index in [0.29, 0.717) is 4.73 Å². The summed E-state index contributed by atoms with van der Waals surface area (Å²) in [7, 11) is 0. The zero-order valence-corrected chi connectivity index (χ0v) is 5.69. The summed E-state index contributed by atoms with van der Waals surface area (Å²) in [5, 5.41) is 10.5. The van der Waals surface area contributed by atoms with Gasteiger partial charge in [-0.2, -0.15) is 4.73 Å². The second-order valence-corrected chi connectivity index (χ2v) is 1.94. The van der Waals surface area contributed by atoms with Crippen molar-refractivity contribution in [1.29, 1.82) is 0 Å². The van der Waals surface area contributed by atoms with Gasteiger partial charge in [0, 0.05) is 17.7 Å². The largest absolute Gasteiger partial charge is 0.619 e. The van der Waals surface area contributed by atoms with E-state index in [9.17, 15) is 10.0 Å². The van der Waals surface area contributed by atoms with Gasteiger partial charge in [-0.1, -0.05) is 0 Å². The molecule has 11 heavy (non-hydrogen) atoms. The van der Waals surface area contributed by atoms with Crippen molar-refractivity contribution in [2.45, 2.75) is 6.61 Å². The minimum Gasteiger partial charge on any atom is -0.619 e. The molecule has 0 aromatic carbocycles. The smallest absolute Gasteiger partial charge is 0.417 e. The molecule has 4 nitrogen and oxygen atoms in total. The lowest BCUT2D eigenvalue weighted by atomic mass is 10.3. The fourth-order valence-electron chi connectivity index (χ4n) is 0.653. The molecule has 0 amide bonds. The third-order valence-corrected chi connectivity index (χ3v) is 1.17. The first-order valence-electron chi connectivity index (χ1n) is 2.99. The van der Waals surface area contributed by atoms with Gasteiger partial charge < -0.3 is 9.94 Å². The monoisotopic (exact) mass is 152 g/mol. The molecule has 0 N–H and O–H groups in total. The van der Waals surface area contributed by atoms with Crippen molar-refractivity contribution in [3.05, 3.63) is 35.3 Å². The van der Waals surface area contributed by atoms with Crippen molar-refractivity contribution < 1.29 is 14.3 Å². The summed E-state index contributed by atoms with van der Waals surface area (Å²) >= 11 is 0. The molecule has 0 unspecified atom stereocenters. The molecule has 0 aliphatic carbocycles. The van der Waals surface area contributed by atoms with Gasteiger partial charge in [-0.25, -0.2) is 4.79 Å². The molecule has 1 aromatic rings. The fraction of sp³-hybridized carbons (Fsp3) is 0.143. The van der Waals surface area contributed by atoms with Crippen LogP contribution in [0.4, 0.5) is 0 Å². The Bertz CT molecular complexity index is 232. The summed E-state index contributed by atoms with van der Waals surface area (Å²) in [6.45, 7) is 1.45. The second kappa shape index (κ2) is 3.55. The number of hydrogen-bond acceptors (Lipinski definition) is 3. The summed E-state index contributed by atoms with van der Waals surface area (Å²) in [5.74, 6) is 0. The Morgan fingerprint density at radius 2 is 2.18 bits per heavy atom. The molecular weight excluding hydrogens is 146 g/mol. The predicted octanol–water partition coefficient (Wildman–Crippen LogP) is -0.0962. The molecule has 0 saturated heterocycles. The Kier molecular flexibility index (Phi) is 2.43. The van der Waals surface area contributed by atoms with Crippen molar-refractivity contribution in [1.82, 2.24) is 0 Å². The highest BCUT2D eigenvalue weighted by Gasteiger charge is 1.93. The van der Waals surface area contributed by atoms with E-state index < -0.39 is 0 Å². The Balaban J connectivity index is 2.58. The predicted molar refractivity (Wildman–Crippen MR) is 35.9 cm³/mol. The third-order valence-electron chi connectivity index (χ3n) is 1.17. The van der Waals surface area contributed by atoms with Gasteiger partial charge in [0.25, 0.3) is 0 Å². The van der Waals surface area contributed by atoms with Crippen LogP contribution in [0.3, 0.4) is 0 Å². The zero-order valence-electron chi connectivity index (χ0n) is 5.69. The van der Waals surface area contributed by atoms with Crippen LogP contribution in [0.5, 0.6) is 0 Å². The molecule has 4 heteroatoms. The molecule has 0 saturated carbocycles. The molecule has 0 bridgehead atoms. The van der Waals surface area contributed by atoms with Crippen LogP contribution < -0.4 is 4.73 Å². The number of ether oxygens (including phenoxy) is 1. The van der Waals surface area contributed by atoms with Gasteiger partial charge in [0.15, 0.2) is 12.4 Å². The van der Waals surface area contributed by atoms with Crippen molar-refractivity contribution in [3.8, 4) is 0 Å². The highest BCUT2D eigenvalue weighted by molar-refractivity contribution is 5.38. The maximum Gasteiger partial charge on any atom is 0.417 e. The van der Waals surface area contributed by atoms with E-state index in [2.05, 4.69) is 4.74 Å². The molecule has 0 aliphatic rings. The van der Waals surface area contributed by atoms with Crippen LogP contribution >= 0.6 is 0 Å². The lowest BCUT2D eigenvalue weighted by Gasteiger charge is -1.97. The van der Waals surface area contributed by atoms with Crippen LogP contribution in [0.2, 0.25) is 0 Å². The van der Waals surface area contributed by atoms with Gasteiger partial charge >= 0.3 is 6.47 Å². The molecule has 1 rings (SSSR count). The van der Waals surface area contributed by atoms with E-state index in [1.54, 1.807) is 12.1 Å². The fourth-order valence-corrected chi connectivity index (χ4v) is 0.653. The summed E-state index contributed by atoms with van der Waals surface area (Å²) in [5.41, 5.74) is 0.764. The van der Waals surface area contributed by atoms with Crippen LogP contribution in [0.15, 0.2) is 24.5 Å². The average molecular weight is 152 g/mol. The number of rotatable bonds is 3. The molecule has 57 valence electrons. The highest BCUT2D eigenvalue weighted by Crippen LogP contribution is 1.95. The standard InChI is InChI=1S/C7H6NO3/c9-6-11-5-7-1-3-8(10)4-2-7/h1-4H,5H2. The first kappa shape index (κ1) is 7.53. The van der Waals surface area contributed by atoms with Crippen LogP contribution in [0.25, 0.3) is 0 Å². The highest BCUT2D eigenvalue weighted by atomic mass is 16.5. The summed E-state index contributed by atoms with van der Waals surface area (Å²) in [4.78, 5) is 9.63. The number of carbonyl (C=O) groups excluding carboxylic acids is 1. The van der Waals surface area contributed by atoms with Crippen LogP contribution in [0, 0.1) is 5.21 Å². The Morgan fingerprint density at radius 1 is 1.55 bits per heavy atom. The van der Waals surface area contributed by atoms with Gasteiger partial charge in [-0.3, -0.25) is 0 Å². The maximum absolute atomic E-state index is 10.5. The molecule has 0 spiro atoms. The quantitative estimate of drug-likeness (QED) is 0.449. The molecule has 0 fully saturated rings. The van der Waals surface area contributed by atoms with E-state index in [1.165, 1.54) is 18.9 Å². The SMILES string of the molecule is O=[C]OCc1cc[n+]([O-])cc1. The average Bonchev–Trinajstić information content (AvgIpc) is 2.04. The van der Waals surface area contributed by atoms with Crippen molar-refractivity contribution in [3.63, 3.8) is 0 Å². The van der Waals surface area contributed by atoms with Crippen LogP contribution in [-0.2, 0) is 16.1 Å². The van der Waals surface area contributed by atoms with Crippen LogP contribution in [-0.4, -0.2) is 6.47 Å². The van der Waals surface area contributed by atoms with Crippen molar-refractivity contribution >= 4 is 6.47 Å². The topological polar surface area (TPSA) is 53.2 Å². The third kappa shape index (κ3) is 2.25. The van der Waals surface area contributed by atoms with E-state index >= 15 is 0 Å². The Hall–Kier alpha value is -1.58. The van der Waals surface area contributed by atoms with E-state index in [4.69, 9.17) is 0 Å². The van der Waals surface area contributed by atoms with Crippen LogP contribution in [0.1, 0.15) is 5.56 Å². The van der Waals surface area contributed by atoms with Gasteiger partial charge in [-0.05, 0) is 0 Å². The number of hydrogen-bond donors (Lipinski definition) is 0.